The normalized spacial score (nSPS) is 19.3. The highest BCUT2D eigenvalue weighted by molar-refractivity contribution is 6.41. The van der Waals surface area contributed by atoms with Gasteiger partial charge in [-0.3, -0.25) is 4.79 Å². The van der Waals surface area contributed by atoms with Crippen molar-refractivity contribution >= 4 is 35.1 Å². The van der Waals surface area contributed by atoms with Crippen LogP contribution in [0.5, 0.6) is 0 Å². The molecule has 1 aromatic rings. The fourth-order valence-corrected chi connectivity index (χ4v) is 2.54. The zero-order valence-corrected chi connectivity index (χ0v) is 11.9. The van der Waals surface area contributed by atoms with E-state index in [4.69, 9.17) is 27.9 Å². The molecule has 1 atom stereocenters. The summed E-state index contributed by atoms with van der Waals surface area (Å²) in [5.41, 5.74) is 0.283. The number of piperidine rings is 1. The maximum atomic E-state index is 12.4. The molecular formula is C12H14Cl2N2O3. The molecule has 5 nitrogen and oxygen atoms in total. The van der Waals surface area contributed by atoms with E-state index in [1.807, 2.05) is 0 Å². The number of ether oxygens (including phenoxy) is 1. The molecule has 0 aliphatic carbocycles. The van der Waals surface area contributed by atoms with Crippen molar-refractivity contribution in [3.63, 3.8) is 0 Å². The van der Waals surface area contributed by atoms with Crippen molar-refractivity contribution in [3.05, 3.63) is 21.9 Å². The predicted octanol–water partition coefficient (Wildman–Crippen LogP) is 2.49. The van der Waals surface area contributed by atoms with Gasteiger partial charge in [0.1, 0.15) is 16.9 Å². The van der Waals surface area contributed by atoms with Crippen LogP contribution in [0.1, 0.15) is 29.8 Å². The van der Waals surface area contributed by atoms with Crippen molar-refractivity contribution in [1.82, 2.24) is 9.88 Å². The molecule has 1 amide bonds. The molecule has 104 valence electrons. The quantitative estimate of drug-likeness (QED) is 0.854. The van der Waals surface area contributed by atoms with Crippen LogP contribution in [0.2, 0.25) is 10.2 Å². The SMILES string of the molecule is COC(=O)C1CCCCN1C(=O)c1cc(Cl)c(Cl)[nH]1. The summed E-state index contributed by atoms with van der Waals surface area (Å²) in [6, 6.07) is 0.932. The second-order valence-corrected chi connectivity index (χ2v) is 5.16. The number of rotatable bonds is 2. The smallest absolute Gasteiger partial charge is 0.328 e. The van der Waals surface area contributed by atoms with Gasteiger partial charge in [-0.05, 0) is 25.3 Å². The minimum Gasteiger partial charge on any atom is -0.467 e. The number of carbonyl (C=O) groups excluding carboxylic acids is 2. The van der Waals surface area contributed by atoms with Gasteiger partial charge in [0.05, 0.1) is 12.1 Å². The number of amides is 1. The zero-order valence-electron chi connectivity index (χ0n) is 10.4. The molecule has 2 rings (SSSR count). The van der Waals surface area contributed by atoms with Crippen molar-refractivity contribution in [1.29, 1.82) is 0 Å². The third-order valence-corrected chi connectivity index (χ3v) is 3.89. The Morgan fingerprint density at radius 3 is 2.74 bits per heavy atom. The Morgan fingerprint density at radius 1 is 1.42 bits per heavy atom. The molecule has 1 N–H and O–H groups in total. The van der Waals surface area contributed by atoms with E-state index in [0.717, 1.165) is 12.8 Å². The van der Waals surface area contributed by atoms with Gasteiger partial charge in [-0.15, -0.1) is 0 Å². The highest BCUT2D eigenvalue weighted by atomic mass is 35.5. The van der Waals surface area contributed by atoms with Crippen molar-refractivity contribution in [2.24, 2.45) is 0 Å². The molecule has 1 aliphatic rings. The standard InChI is InChI=1S/C12H14Cl2N2O3/c1-19-12(18)9-4-2-3-5-16(9)11(17)8-6-7(13)10(14)15-8/h6,9,15H,2-5H2,1H3. The number of carbonyl (C=O) groups is 2. The van der Waals surface area contributed by atoms with E-state index in [1.165, 1.54) is 18.1 Å². The van der Waals surface area contributed by atoms with E-state index in [9.17, 15) is 9.59 Å². The maximum Gasteiger partial charge on any atom is 0.328 e. The van der Waals surface area contributed by atoms with Crippen molar-refractivity contribution < 1.29 is 14.3 Å². The molecular weight excluding hydrogens is 291 g/mol. The number of halogens is 2. The fourth-order valence-electron chi connectivity index (χ4n) is 2.23. The molecule has 1 aromatic heterocycles. The Balaban J connectivity index is 2.22. The first-order valence-corrected chi connectivity index (χ1v) is 6.73. The summed E-state index contributed by atoms with van der Waals surface area (Å²) < 4.78 is 4.74. The van der Waals surface area contributed by atoms with Gasteiger partial charge < -0.3 is 14.6 Å². The van der Waals surface area contributed by atoms with E-state index < -0.39 is 12.0 Å². The molecule has 2 heterocycles. The number of hydrogen-bond donors (Lipinski definition) is 1. The van der Waals surface area contributed by atoms with Gasteiger partial charge >= 0.3 is 5.97 Å². The molecule has 7 heteroatoms. The third kappa shape index (κ3) is 2.87. The molecule has 1 fully saturated rings. The lowest BCUT2D eigenvalue weighted by molar-refractivity contribution is -0.147. The van der Waals surface area contributed by atoms with E-state index in [2.05, 4.69) is 4.98 Å². The minimum atomic E-state index is -0.535. The van der Waals surface area contributed by atoms with E-state index in [0.29, 0.717) is 13.0 Å². The molecule has 1 unspecified atom stereocenters. The van der Waals surface area contributed by atoms with Crippen LogP contribution in [-0.2, 0) is 9.53 Å². The topological polar surface area (TPSA) is 62.4 Å². The predicted molar refractivity (Wildman–Crippen MR) is 71.5 cm³/mol. The average Bonchev–Trinajstić information content (AvgIpc) is 2.77. The summed E-state index contributed by atoms with van der Waals surface area (Å²) in [6.45, 7) is 0.521. The molecule has 0 spiro atoms. The lowest BCUT2D eigenvalue weighted by atomic mass is 10.0. The molecule has 1 saturated heterocycles. The van der Waals surface area contributed by atoms with Gasteiger partial charge in [0, 0.05) is 6.54 Å². The first kappa shape index (κ1) is 14.2. The molecule has 0 saturated carbocycles. The lowest BCUT2D eigenvalue weighted by Crippen LogP contribution is -2.48. The van der Waals surface area contributed by atoms with Crippen LogP contribution in [0, 0.1) is 0 Å². The number of aromatic nitrogens is 1. The number of nitrogens with one attached hydrogen (secondary N) is 1. The van der Waals surface area contributed by atoms with Crippen LogP contribution in [0.25, 0.3) is 0 Å². The van der Waals surface area contributed by atoms with Gasteiger partial charge in [-0.1, -0.05) is 23.2 Å². The van der Waals surface area contributed by atoms with Crippen LogP contribution in [-0.4, -0.2) is 41.5 Å². The number of methoxy groups -OCH3 is 1. The van der Waals surface area contributed by atoms with Gasteiger partial charge in [0.25, 0.3) is 5.91 Å². The molecule has 1 aliphatic heterocycles. The summed E-state index contributed by atoms with van der Waals surface area (Å²) in [5.74, 6) is -0.680. The first-order valence-electron chi connectivity index (χ1n) is 5.97. The van der Waals surface area contributed by atoms with E-state index in [-0.39, 0.29) is 21.8 Å². The molecule has 0 radical (unpaired) electrons. The van der Waals surface area contributed by atoms with Crippen molar-refractivity contribution in [3.8, 4) is 0 Å². The second-order valence-electron chi connectivity index (χ2n) is 4.38. The lowest BCUT2D eigenvalue weighted by Gasteiger charge is -2.33. The van der Waals surface area contributed by atoms with Crippen molar-refractivity contribution in [2.45, 2.75) is 25.3 Å². The van der Waals surface area contributed by atoms with Gasteiger partial charge in [-0.2, -0.15) is 0 Å². The van der Waals surface area contributed by atoms with Crippen LogP contribution in [0.3, 0.4) is 0 Å². The van der Waals surface area contributed by atoms with E-state index >= 15 is 0 Å². The number of aromatic amines is 1. The Hall–Kier alpha value is -1.20. The maximum absolute atomic E-state index is 12.4. The number of H-pyrrole nitrogens is 1. The average molecular weight is 305 g/mol. The Labute approximate surface area is 120 Å². The molecule has 19 heavy (non-hydrogen) atoms. The van der Waals surface area contributed by atoms with Crippen molar-refractivity contribution in [2.75, 3.05) is 13.7 Å². The van der Waals surface area contributed by atoms with Crippen LogP contribution in [0.4, 0.5) is 0 Å². The summed E-state index contributed by atoms with van der Waals surface area (Å²) >= 11 is 11.6. The summed E-state index contributed by atoms with van der Waals surface area (Å²) in [5, 5.41) is 0.508. The second kappa shape index (κ2) is 5.84. The minimum absolute atomic E-state index is 0.219. The zero-order chi connectivity index (χ0) is 14.0. The number of esters is 1. The van der Waals surface area contributed by atoms with Crippen LogP contribution >= 0.6 is 23.2 Å². The van der Waals surface area contributed by atoms with Gasteiger partial charge in [0.2, 0.25) is 0 Å². The van der Waals surface area contributed by atoms with Gasteiger partial charge in [0.15, 0.2) is 0 Å². The largest absolute Gasteiger partial charge is 0.467 e. The number of nitrogens with zero attached hydrogens (tertiary/aromatic N) is 1. The molecule has 0 bridgehead atoms. The first-order chi connectivity index (χ1) is 9.04. The fraction of sp³-hybridized carbons (Fsp3) is 0.500. The Kier molecular flexibility index (Phi) is 4.37. The third-order valence-electron chi connectivity index (χ3n) is 3.19. The number of hydrogen-bond acceptors (Lipinski definition) is 3. The van der Waals surface area contributed by atoms with Crippen LogP contribution in [0.15, 0.2) is 6.07 Å². The summed E-state index contributed by atoms with van der Waals surface area (Å²) in [7, 11) is 1.32. The Bertz CT molecular complexity index is 482. The summed E-state index contributed by atoms with van der Waals surface area (Å²) in [6.07, 6.45) is 2.37. The number of likely N-dealkylation sites (tertiary alicyclic amines) is 1. The van der Waals surface area contributed by atoms with Crippen LogP contribution < -0.4 is 0 Å². The monoisotopic (exact) mass is 304 g/mol. The molecule has 0 aromatic carbocycles. The Morgan fingerprint density at radius 2 is 2.16 bits per heavy atom. The van der Waals surface area contributed by atoms with E-state index in [1.54, 1.807) is 0 Å². The van der Waals surface area contributed by atoms with Gasteiger partial charge in [-0.25, -0.2) is 4.79 Å². The summed E-state index contributed by atoms with van der Waals surface area (Å²) in [4.78, 5) is 28.3. The highest BCUT2D eigenvalue weighted by Gasteiger charge is 2.34. The highest BCUT2D eigenvalue weighted by Crippen LogP contribution is 2.25.